The molecule has 1 fully saturated rings. The van der Waals surface area contributed by atoms with Gasteiger partial charge < -0.3 is 10.3 Å². The Hall–Kier alpha value is -3.17. The van der Waals surface area contributed by atoms with Gasteiger partial charge in [-0.1, -0.05) is 0 Å². The smallest absolute Gasteiger partial charge is 0.178 e. The number of aromatic nitrogens is 6. The zero-order chi connectivity index (χ0) is 20.1. The third-order valence-corrected chi connectivity index (χ3v) is 6.59. The Morgan fingerprint density at radius 2 is 2.00 bits per heavy atom. The van der Waals surface area contributed by atoms with Gasteiger partial charge in [0, 0.05) is 33.6 Å². The van der Waals surface area contributed by atoms with E-state index in [0.717, 1.165) is 75.5 Å². The molecule has 5 aromatic rings. The highest BCUT2D eigenvalue weighted by atomic mass is 32.1. The fraction of sp³-hybridized carbons (Fsp3) is 0.238. The van der Waals surface area contributed by atoms with Gasteiger partial charge in [-0.2, -0.15) is 9.49 Å². The predicted molar refractivity (Wildman–Crippen MR) is 115 cm³/mol. The molecule has 5 aromatic heterocycles. The summed E-state index contributed by atoms with van der Waals surface area (Å²) in [6, 6.07) is 7.24. The largest absolute Gasteiger partial charge is 0.335 e. The second-order valence-corrected chi connectivity index (χ2v) is 8.53. The number of fused-ring (bicyclic) bond motifs is 2. The number of halogens is 1. The number of aromatic amines is 2. The van der Waals surface area contributed by atoms with Crippen molar-refractivity contribution in [1.29, 1.82) is 0 Å². The van der Waals surface area contributed by atoms with Gasteiger partial charge in [0.2, 0.25) is 0 Å². The third kappa shape index (κ3) is 2.89. The van der Waals surface area contributed by atoms with Crippen LogP contribution in [-0.2, 0) is 0 Å². The number of imidazole rings is 1. The van der Waals surface area contributed by atoms with Gasteiger partial charge in [-0.15, -0.1) is 11.3 Å². The van der Waals surface area contributed by atoms with E-state index in [4.69, 9.17) is 0 Å². The van der Waals surface area contributed by atoms with Crippen molar-refractivity contribution in [2.24, 2.45) is 0 Å². The van der Waals surface area contributed by atoms with E-state index < -0.39 is 0 Å². The lowest BCUT2D eigenvalue weighted by molar-refractivity contribution is 0.453. The minimum atomic E-state index is -0.217. The van der Waals surface area contributed by atoms with Gasteiger partial charge >= 0.3 is 0 Å². The van der Waals surface area contributed by atoms with Crippen molar-refractivity contribution in [3.63, 3.8) is 0 Å². The van der Waals surface area contributed by atoms with Crippen LogP contribution in [0.4, 0.5) is 4.39 Å². The Bertz CT molecular complexity index is 1360. The Balaban J connectivity index is 1.47. The van der Waals surface area contributed by atoms with Crippen LogP contribution >= 0.6 is 11.3 Å². The molecule has 0 atom stereocenters. The molecule has 6 heterocycles. The van der Waals surface area contributed by atoms with E-state index >= 15 is 0 Å². The summed E-state index contributed by atoms with van der Waals surface area (Å²) >= 11 is 1.11. The number of pyridine rings is 2. The SMILES string of the molecule is Fc1ccc(-c2ccnc3nc(-c4n[nH]c5cnc(C6CCNCC6)cc45)[nH]c23)s1. The molecule has 30 heavy (non-hydrogen) atoms. The Morgan fingerprint density at radius 1 is 1.10 bits per heavy atom. The van der Waals surface area contributed by atoms with Crippen molar-refractivity contribution in [2.45, 2.75) is 18.8 Å². The highest BCUT2D eigenvalue weighted by Crippen LogP contribution is 2.34. The van der Waals surface area contributed by atoms with E-state index in [9.17, 15) is 4.39 Å². The zero-order valence-corrected chi connectivity index (χ0v) is 16.8. The number of rotatable bonds is 3. The lowest BCUT2D eigenvalue weighted by Gasteiger charge is -2.21. The van der Waals surface area contributed by atoms with Crippen LogP contribution in [0.25, 0.3) is 44.0 Å². The molecule has 0 amide bonds. The summed E-state index contributed by atoms with van der Waals surface area (Å²) in [7, 11) is 0. The van der Waals surface area contributed by atoms with Crippen LogP contribution in [0, 0.1) is 5.13 Å². The average molecular weight is 419 g/mol. The monoisotopic (exact) mass is 419 g/mol. The molecule has 1 saturated heterocycles. The van der Waals surface area contributed by atoms with Gasteiger partial charge in [-0.05, 0) is 50.2 Å². The average Bonchev–Trinajstić information content (AvgIpc) is 3.51. The summed E-state index contributed by atoms with van der Waals surface area (Å²) < 4.78 is 13.6. The number of H-pyrrole nitrogens is 2. The maximum Gasteiger partial charge on any atom is 0.178 e. The lowest BCUT2D eigenvalue weighted by atomic mass is 9.93. The molecule has 6 rings (SSSR count). The molecule has 0 aromatic carbocycles. The van der Waals surface area contributed by atoms with Crippen LogP contribution < -0.4 is 5.32 Å². The van der Waals surface area contributed by atoms with Gasteiger partial charge in [0.15, 0.2) is 16.6 Å². The maximum atomic E-state index is 13.6. The molecule has 9 heteroatoms. The minimum Gasteiger partial charge on any atom is -0.335 e. The minimum absolute atomic E-state index is 0.217. The highest BCUT2D eigenvalue weighted by Gasteiger charge is 2.20. The third-order valence-electron chi connectivity index (χ3n) is 5.68. The number of hydrogen-bond donors (Lipinski definition) is 3. The van der Waals surface area contributed by atoms with Crippen LogP contribution in [0.3, 0.4) is 0 Å². The second-order valence-electron chi connectivity index (χ2n) is 7.50. The summed E-state index contributed by atoms with van der Waals surface area (Å²) in [4.78, 5) is 17.9. The normalized spacial score (nSPS) is 15.4. The summed E-state index contributed by atoms with van der Waals surface area (Å²) in [5.41, 5.74) is 4.94. The number of thiophene rings is 1. The first-order chi connectivity index (χ1) is 14.8. The molecule has 150 valence electrons. The molecule has 0 saturated carbocycles. The summed E-state index contributed by atoms with van der Waals surface area (Å²) in [6.45, 7) is 2.04. The topological polar surface area (TPSA) is 95.2 Å². The quantitative estimate of drug-likeness (QED) is 0.407. The van der Waals surface area contributed by atoms with Gasteiger partial charge in [0.1, 0.15) is 5.69 Å². The molecule has 7 nitrogen and oxygen atoms in total. The second kappa shape index (κ2) is 6.96. The molecule has 0 aliphatic carbocycles. The highest BCUT2D eigenvalue weighted by molar-refractivity contribution is 7.14. The van der Waals surface area contributed by atoms with Crippen LogP contribution in [0.1, 0.15) is 24.5 Å². The fourth-order valence-electron chi connectivity index (χ4n) is 4.14. The van der Waals surface area contributed by atoms with Crippen molar-refractivity contribution < 1.29 is 4.39 Å². The summed E-state index contributed by atoms with van der Waals surface area (Å²) in [5.74, 6) is 1.09. The molecule has 0 bridgehead atoms. The first-order valence-corrected chi connectivity index (χ1v) is 10.7. The molecule has 1 aliphatic heterocycles. The standard InChI is InChI=1S/C21H18FN7S/c22-17-2-1-16(30-17)12-5-8-24-20-18(12)26-21(27-20)19-13-9-14(11-3-6-23-7-4-11)25-10-15(13)28-29-19/h1-2,5,8-11,23H,3-4,6-7H2,(H,28,29)(H,24,26,27). The van der Waals surface area contributed by atoms with Crippen molar-refractivity contribution in [1.82, 2.24) is 35.5 Å². The fourth-order valence-corrected chi connectivity index (χ4v) is 4.90. The van der Waals surface area contributed by atoms with Gasteiger partial charge in [0.05, 0.1) is 17.2 Å². The first kappa shape index (κ1) is 17.7. The zero-order valence-electron chi connectivity index (χ0n) is 15.9. The van der Waals surface area contributed by atoms with E-state index in [0.29, 0.717) is 17.4 Å². The molecule has 0 unspecified atom stereocenters. The van der Waals surface area contributed by atoms with E-state index in [1.54, 1.807) is 12.3 Å². The molecular weight excluding hydrogens is 401 g/mol. The van der Waals surface area contributed by atoms with Crippen LogP contribution in [0.5, 0.6) is 0 Å². The van der Waals surface area contributed by atoms with E-state index in [1.807, 2.05) is 12.3 Å². The Morgan fingerprint density at radius 3 is 2.83 bits per heavy atom. The van der Waals surface area contributed by atoms with Gasteiger partial charge in [-0.3, -0.25) is 10.1 Å². The van der Waals surface area contributed by atoms with Crippen molar-refractivity contribution in [3.05, 3.63) is 47.5 Å². The van der Waals surface area contributed by atoms with Gasteiger partial charge in [-0.25, -0.2) is 9.97 Å². The van der Waals surface area contributed by atoms with E-state index in [1.165, 1.54) is 6.07 Å². The van der Waals surface area contributed by atoms with E-state index in [-0.39, 0.29) is 5.13 Å². The maximum absolute atomic E-state index is 13.6. The number of hydrogen-bond acceptors (Lipinski definition) is 6. The summed E-state index contributed by atoms with van der Waals surface area (Å²) in [6.07, 6.45) is 5.72. The number of nitrogens with one attached hydrogen (secondary N) is 3. The first-order valence-electron chi connectivity index (χ1n) is 9.92. The van der Waals surface area contributed by atoms with E-state index in [2.05, 4.69) is 41.5 Å². The molecule has 3 N–H and O–H groups in total. The van der Waals surface area contributed by atoms with Crippen LogP contribution in [0.2, 0.25) is 0 Å². The summed E-state index contributed by atoms with van der Waals surface area (Å²) in [5, 5.41) is 11.7. The number of nitrogens with zero attached hydrogens (tertiary/aromatic N) is 4. The van der Waals surface area contributed by atoms with Crippen molar-refractivity contribution in [3.8, 4) is 22.0 Å². The molecular formula is C21H18FN7S. The Labute approximate surface area is 174 Å². The molecule has 0 radical (unpaired) electrons. The lowest BCUT2D eigenvalue weighted by Crippen LogP contribution is -2.27. The molecule has 1 aliphatic rings. The predicted octanol–water partition coefficient (Wildman–Crippen LogP) is 4.23. The van der Waals surface area contributed by atoms with Crippen molar-refractivity contribution >= 4 is 33.4 Å². The number of piperidine rings is 1. The van der Waals surface area contributed by atoms with Crippen LogP contribution in [0.15, 0.2) is 36.7 Å². The molecule has 0 spiro atoms. The Kier molecular flexibility index (Phi) is 4.10. The van der Waals surface area contributed by atoms with Gasteiger partial charge in [0.25, 0.3) is 0 Å². The van der Waals surface area contributed by atoms with Crippen LogP contribution in [-0.4, -0.2) is 43.2 Å². The van der Waals surface area contributed by atoms with Crippen molar-refractivity contribution in [2.75, 3.05) is 13.1 Å².